The molecule has 0 bridgehead atoms. The molecule has 0 spiro atoms. The normalized spacial score (nSPS) is 17.2. The van der Waals surface area contributed by atoms with Gasteiger partial charge in [0.05, 0.1) is 5.70 Å². The summed E-state index contributed by atoms with van der Waals surface area (Å²) in [6.07, 6.45) is -0.305. The van der Waals surface area contributed by atoms with Crippen LogP contribution in [0.1, 0.15) is 26.7 Å². The first-order chi connectivity index (χ1) is 7.41. The van der Waals surface area contributed by atoms with Crippen molar-refractivity contribution in [2.45, 2.75) is 32.8 Å². The van der Waals surface area contributed by atoms with Gasteiger partial charge in [-0.15, -0.1) is 5.06 Å². The summed E-state index contributed by atoms with van der Waals surface area (Å²) < 4.78 is 4.61. The van der Waals surface area contributed by atoms with Gasteiger partial charge in [-0.05, 0) is 13.3 Å². The molecule has 1 fully saturated rings. The van der Waals surface area contributed by atoms with E-state index in [2.05, 4.69) is 11.3 Å². The lowest BCUT2D eigenvalue weighted by atomic mass is 10.3. The monoisotopic (exact) mass is 227 g/mol. The maximum atomic E-state index is 11.4. The minimum Gasteiger partial charge on any atom is -0.451 e. The van der Waals surface area contributed by atoms with Crippen molar-refractivity contribution in [2.24, 2.45) is 0 Å². The van der Waals surface area contributed by atoms with Gasteiger partial charge in [-0.2, -0.15) is 0 Å². The number of carbonyl (C=O) groups is 3. The van der Waals surface area contributed by atoms with Gasteiger partial charge >= 0.3 is 11.9 Å². The van der Waals surface area contributed by atoms with E-state index in [0.29, 0.717) is 12.1 Å². The number of carbonyl (C=O) groups excluding carboxylic acids is 3. The van der Waals surface area contributed by atoms with Gasteiger partial charge in [-0.3, -0.25) is 9.59 Å². The number of nitrogens with zero attached hydrogens (tertiary/aromatic N) is 1. The molecular formula is C10H13NO5. The Kier molecular flexibility index (Phi) is 3.65. The van der Waals surface area contributed by atoms with Crippen molar-refractivity contribution in [3.8, 4) is 0 Å². The highest BCUT2D eigenvalue weighted by molar-refractivity contribution is 5.83. The fourth-order valence-corrected chi connectivity index (χ4v) is 1.21. The summed E-state index contributed by atoms with van der Waals surface area (Å²) in [5.74, 6) is -1.71. The number of hydrogen-bond acceptors (Lipinski definition) is 5. The molecule has 0 radical (unpaired) electrons. The highest BCUT2D eigenvalue weighted by Gasteiger charge is 2.30. The third kappa shape index (κ3) is 2.82. The molecule has 0 aromatic heterocycles. The molecule has 16 heavy (non-hydrogen) atoms. The summed E-state index contributed by atoms with van der Waals surface area (Å²) >= 11 is 0. The molecule has 1 saturated heterocycles. The zero-order valence-electron chi connectivity index (χ0n) is 9.19. The number of hydrogen-bond donors (Lipinski definition) is 0. The molecule has 6 heteroatoms. The molecule has 0 N–H and O–H groups in total. The minimum absolute atomic E-state index is 0.272. The van der Waals surface area contributed by atoms with Crippen LogP contribution in [0.5, 0.6) is 0 Å². The number of amides is 1. The van der Waals surface area contributed by atoms with Crippen LogP contribution < -0.4 is 0 Å². The number of hydroxylamine groups is 2. The molecule has 0 saturated carbocycles. The second-order valence-electron chi connectivity index (χ2n) is 3.42. The Morgan fingerprint density at radius 3 is 2.50 bits per heavy atom. The summed E-state index contributed by atoms with van der Waals surface area (Å²) in [7, 11) is 0. The third-order valence-corrected chi connectivity index (χ3v) is 2.00. The van der Waals surface area contributed by atoms with Crippen molar-refractivity contribution in [2.75, 3.05) is 0 Å². The molecule has 1 aliphatic rings. The molecule has 0 aromatic rings. The van der Waals surface area contributed by atoms with Crippen molar-refractivity contribution in [3.05, 3.63) is 12.3 Å². The molecule has 0 aromatic carbocycles. The van der Waals surface area contributed by atoms with E-state index in [1.54, 1.807) is 0 Å². The van der Waals surface area contributed by atoms with Gasteiger partial charge in [0.15, 0.2) is 6.10 Å². The molecule has 1 amide bonds. The van der Waals surface area contributed by atoms with Gasteiger partial charge in [0.2, 0.25) is 0 Å². The maximum absolute atomic E-state index is 11.4. The zero-order valence-corrected chi connectivity index (χ0v) is 9.19. The van der Waals surface area contributed by atoms with Gasteiger partial charge in [0.25, 0.3) is 5.91 Å². The van der Waals surface area contributed by atoms with Gasteiger partial charge in [0.1, 0.15) is 0 Å². The molecule has 1 heterocycles. The quantitative estimate of drug-likeness (QED) is 0.657. The minimum atomic E-state index is -1.04. The molecule has 1 rings (SSSR count). The number of rotatable bonds is 3. The predicted molar refractivity (Wildman–Crippen MR) is 52.5 cm³/mol. The molecule has 1 atom stereocenters. The van der Waals surface area contributed by atoms with Crippen LogP contribution in [0.15, 0.2) is 12.3 Å². The highest BCUT2D eigenvalue weighted by Crippen LogP contribution is 2.21. The van der Waals surface area contributed by atoms with Crippen LogP contribution in [-0.4, -0.2) is 29.0 Å². The molecular weight excluding hydrogens is 214 g/mol. The number of esters is 1. The van der Waals surface area contributed by atoms with E-state index in [9.17, 15) is 14.4 Å². The zero-order chi connectivity index (χ0) is 12.3. The van der Waals surface area contributed by atoms with Crippen molar-refractivity contribution in [1.82, 2.24) is 5.06 Å². The van der Waals surface area contributed by atoms with Gasteiger partial charge in [-0.1, -0.05) is 6.58 Å². The molecule has 1 aliphatic heterocycles. The van der Waals surface area contributed by atoms with Crippen LogP contribution in [0.2, 0.25) is 0 Å². The van der Waals surface area contributed by atoms with E-state index in [4.69, 9.17) is 4.84 Å². The second kappa shape index (κ2) is 4.78. The lowest BCUT2D eigenvalue weighted by molar-refractivity contribution is -0.196. The van der Waals surface area contributed by atoms with Crippen LogP contribution >= 0.6 is 0 Å². The largest absolute Gasteiger partial charge is 0.451 e. The van der Waals surface area contributed by atoms with E-state index in [0.717, 1.165) is 5.06 Å². The SMILES string of the molecule is C=C1CCC(=O)N1OC(=O)C(C)OC(C)=O. The summed E-state index contributed by atoms with van der Waals surface area (Å²) in [6, 6.07) is 0. The van der Waals surface area contributed by atoms with E-state index in [1.165, 1.54) is 13.8 Å². The van der Waals surface area contributed by atoms with E-state index < -0.39 is 18.0 Å². The Balaban J connectivity index is 2.53. The van der Waals surface area contributed by atoms with E-state index in [1.807, 2.05) is 0 Å². The van der Waals surface area contributed by atoms with Crippen LogP contribution in [-0.2, 0) is 24.0 Å². The van der Waals surface area contributed by atoms with Crippen molar-refractivity contribution in [1.29, 1.82) is 0 Å². The first-order valence-corrected chi connectivity index (χ1v) is 4.81. The average molecular weight is 227 g/mol. The van der Waals surface area contributed by atoms with Crippen LogP contribution in [0, 0.1) is 0 Å². The standard InChI is InChI=1S/C10H13NO5/c1-6-4-5-9(13)11(6)16-10(14)7(2)15-8(3)12/h7H,1,4-5H2,2-3H3. The summed E-state index contributed by atoms with van der Waals surface area (Å²) in [5, 5.41) is 0.850. The predicted octanol–water partition coefficient (Wildman–Crippen LogP) is 0.532. The second-order valence-corrected chi connectivity index (χ2v) is 3.42. The highest BCUT2D eigenvalue weighted by atomic mass is 16.7. The Morgan fingerprint density at radius 2 is 2.06 bits per heavy atom. The van der Waals surface area contributed by atoms with Crippen molar-refractivity contribution >= 4 is 17.8 Å². The Hall–Kier alpha value is -1.85. The molecule has 0 aliphatic carbocycles. The number of allylic oxidation sites excluding steroid dienone is 1. The lowest BCUT2D eigenvalue weighted by Gasteiger charge is -2.18. The van der Waals surface area contributed by atoms with Crippen molar-refractivity contribution < 1.29 is 24.0 Å². The summed E-state index contributed by atoms with van der Waals surface area (Å²) in [6.45, 7) is 6.13. The molecule has 1 unspecified atom stereocenters. The first-order valence-electron chi connectivity index (χ1n) is 4.81. The van der Waals surface area contributed by atoms with Crippen LogP contribution in [0.25, 0.3) is 0 Å². The first kappa shape index (κ1) is 12.2. The van der Waals surface area contributed by atoms with E-state index in [-0.39, 0.29) is 12.3 Å². The van der Waals surface area contributed by atoms with Crippen LogP contribution in [0.4, 0.5) is 0 Å². The van der Waals surface area contributed by atoms with Gasteiger partial charge in [0, 0.05) is 13.3 Å². The number of ether oxygens (including phenoxy) is 1. The van der Waals surface area contributed by atoms with Crippen molar-refractivity contribution in [3.63, 3.8) is 0 Å². The Labute approximate surface area is 92.8 Å². The third-order valence-electron chi connectivity index (χ3n) is 2.00. The summed E-state index contributed by atoms with van der Waals surface area (Å²) in [4.78, 5) is 38.0. The van der Waals surface area contributed by atoms with Crippen LogP contribution in [0.3, 0.4) is 0 Å². The average Bonchev–Trinajstić information content (AvgIpc) is 2.48. The Morgan fingerprint density at radius 1 is 1.44 bits per heavy atom. The summed E-state index contributed by atoms with van der Waals surface area (Å²) in [5.41, 5.74) is 0.424. The Bertz CT molecular complexity index is 333. The topological polar surface area (TPSA) is 72.9 Å². The fraction of sp³-hybridized carbons (Fsp3) is 0.500. The van der Waals surface area contributed by atoms with E-state index >= 15 is 0 Å². The molecule has 88 valence electrons. The fourth-order valence-electron chi connectivity index (χ4n) is 1.21. The maximum Gasteiger partial charge on any atom is 0.372 e. The lowest BCUT2D eigenvalue weighted by Crippen LogP contribution is -2.33. The molecule has 6 nitrogen and oxygen atoms in total. The van der Waals surface area contributed by atoms with Gasteiger partial charge < -0.3 is 9.57 Å². The smallest absolute Gasteiger partial charge is 0.372 e. The van der Waals surface area contributed by atoms with Gasteiger partial charge in [-0.25, -0.2) is 4.79 Å².